The highest BCUT2D eigenvalue weighted by molar-refractivity contribution is 5.98. The zero-order chi connectivity index (χ0) is 31.1. The quantitative estimate of drug-likeness (QED) is 0.244. The Hall–Kier alpha value is -4.80. The zero-order valence-electron chi connectivity index (χ0n) is 25.0. The van der Waals surface area contributed by atoms with Gasteiger partial charge >= 0.3 is 0 Å². The molecular formula is C34H38N6O4. The molecule has 0 bridgehead atoms. The molecule has 0 radical (unpaired) electrons. The predicted octanol–water partition coefficient (Wildman–Crippen LogP) is 3.43. The molecule has 4 N–H and O–H groups in total. The van der Waals surface area contributed by atoms with Gasteiger partial charge in [-0.25, -0.2) is 4.98 Å². The summed E-state index contributed by atoms with van der Waals surface area (Å²) < 4.78 is 7.49. The van der Waals surface area contributed by atoms with Crippen molar-refractivity contribution in [3.05, 3.63) is 120 Å². The summed E-state index contributed by atoms with van der Waals surface area (Å²) in [5.41, 5.74) is 8.91. The molecule has 0 fully saturated rings. The molecule has 0 saturated carbocycles. The van der Waals surface area contributed by atoms with Gasteiger partial charge in [0.2, 0.25) is 5.91 Å². The Balaban J connectivity index is 1.32. The first-order valence-corrected chi connectivity index (χ1v) is 14.7. The van der Waals surface area contributed by atoms with E-state index in [9.17, 15) is 14.4 Å². The van der Waals surface area contributed by atoms with Gasteiger partial charge in [0.1, 0.15) is 12.1 Å². The molecule has 1 unspecified atom stereocenters. The number of hydrogen-bond donors (Lipinski definition) is 3. The van der Waals surface area contributed by atoms with Crippen molar-refractivity contribution >= 4 is 23.5 Å². The van der Waals surface area contributed by atoms with Gasteiger partial charge in [-0.1, -0.05) is 84.9 Å². The van der Waals surface area contributed by atoms with Crippen LogP contribution < -0.4 is 16.4 Å². The lowest BCUT2D eigenvalue weighted by atomic mass is 9.98. The summed E-state index contributed by atoms with van der Waals surface area (Å²) in [6.45, 7) is 4.45. The van der Waals surface area contributed by atoms with E-state index in [-0.39, 0.29) is 24.9 Å². The number of amides is 3. The summed E-state index contributed by atoms with van der Waals surface area (Å²) in [6, 6.07) is 25.5. The van der Waals surface area contributed by atoms with E-state index in [1.165, 1.54) is 11.9 Å². The van der Waals surface area contributed by atoms with Crippen molar-refractivity contribution < 1.29 is 19.1 Å². The van der Waals surface area contributed by atoms with Crippen molar-refractivity contribution in [2.24, 2.45) is 5.73 Å². The van der Waals surface area contributed by atoms with Gasteiger partial charge in [0.05, 0.1) is 25.1 Å². The number of carbonyl (C=O) groups excluding carboxylic acids is 3. The SMILES string of the molecule is CC(C)(N)C(=O)N[C@H](COCc1ccccc1)C(=O)Nc1cn(C(C(=O)N2CCc3ccccc3C2)c2ccccc2)cn1. The molecule has 1 aliphatic heterocycles. The maximum absolute atomic E-state index is 14.0. The fourth-order valence-electron chi connectivity index (χ4n) is 5.09. The van der Waals surface area contributed by atoms with E-state index in [0.717, 1.165) is 23.1 Å². The minimum absolute atomic E-state index is 0.0643. The van der Waals surface area contributed by atoms with Crippen LogP contribution in [-0.4, -0.2) is 56.9 Å². The van der Waals surface area contributed by atoms with Crippen LogP contribution >= 0.6 is 0 Å². The Morgan fingerprint density at radius 2 is 1.61 bits per heavy atom. The number of anilines is 1. The molecule has 0 saturated heterocycles. The van der Waals surface area contributed by atoms with Crippen molar-refractivity contribution in [2.75, 3.05) is 18.5 Å². The van der Waals surface area contributed by atoms with Crippen LogP contribution in [0.3, 0.4) is 0 Å². The number of ether oxygens (including phenoxy) is 1. The summed E-state index contributed by atoms with van der Waals surface area (Å²) in [6.07, 6.45) is 3.95. The zero-order valence-corrected chi connectivity index (χ0v) is 25.0. The molecular weight excluding hydrogens is 556 g/mol. The summed E-state index contributed by atoms with van der Waals surface area (Å²) in [7, 11) is 0. The van der Waals surface area contributed by atoms with Crippen LogP contribution in [0.1, 0.15) is 42.1 Å². The molecule has 1 aromatic heterocycles. The second kappa shape index (κ2) is 13.7. The molecule has 10 heteroatoms. The third-order valence-electron chi connectivity index (χ3n) is 7.55. The Bertz CT molecular complexity index is 1580. The maximum atomic E-state index is 14.0. The molecule has 44 heavy (non-hydrogen) atoms. The van der Waals surface area contributed by atoms with E-state index in [4.69, 9.17) is 10.5 Å². The van der Waals surface area contributed by atoms with Gasteiger partial charge in [0.25, 0.3) is 11.8 Å². The van der Waals surface area contributed by atoms with E-state index in [1.54, 1.807) is 24.6 Å². The number of aromatic nitrogens is 2. The fourth-order valence-corrected chi connectivity index (χ4v) is 5.09. The summed E-state index contributed by atoms with van der Waals surface area (Å²) >= 11 is 0. The summed E-state index contributed by atoms with van der Waals surface area (Å²) in [4.78, 5) is 46.3. The average Bonchev–Trinajstić information content (AvgIpc) is 3.48. The first kappa shape index (κ1) is 30.7. The molecule has 3 aromatic carbocycles. The van der Waals surface area contributed by atoms with Crippen molar-refractivity contribution in [3.8, 4) is 0 Å². The molecule has 2 heterocycles. The van der Waals surface area contributed by atoms with Crippen molar-refractivity contribution in [1.82, 2.24) is 19.8 Å². The number of benzene rings is 3. The topological polar surface area (TPSA) is 132 Å². The number of imidazole rings is 1. The molecule has 0 spiro atoms. The maximum Gasteiger partial charge on any atom is 0.250 e. The van der Waals surface area contributed by atoms with Crippen LogP contribution in [0.15, 0.2) is 97.5 Å². The first-order chi connectivity index (χ1) is 21.2. The molecule has 0 aliphatic carbocycles. The molecule has 10 nitrogen and oxygen atoms in total. The number of nitrogens with one attached hydrogen (secondary N) is 2. The van der Waals surface area contributed by atoms with Crippen molar-refractivity contribution in [1.29, 1.82) is 0 Å². The van der Waals surface area contributed by atoms with Crippen LogP contribution in [-0.2, 0) is 38.7 Å². The highest BCUT2D eigenvalue weighted by atomic mass is 16.5. The highest BCUT2D eigenvalue weighted by Gasteiger charge is 2.31. The van der Waals surface area contributed by atoms with E-state index in [1.807, 2.05) is 77.7 Å². The monoisotopic (exact) mass is 594 g/mol. The lowest BCUT2D eigenvalue weighted by molar-refractivity contribution is -0.134. The molecule has 4 aromatic rings. The Morgan fingerprint density at radius 1 is 0.955 bits per heavy atom. The number of nitrogens with zero attached hydrogens (tertiary/aromatic N) is 3. The first-order valence-electron chi connectivity index (χ1n) is 14.7. The van der Waals surface area contributed by atoms with Crippen LogP contribution in [0.5, 0.6) is 0 Å². The van der Waals surface area contributed by atoms with Crippen LogP contribution in [0.25, 0.3) is 0 Å². The Labute approximate surface area is 257 Å². The Kier molecular flexibility index (Phi) is 9.52. The van der Waals surface area contributed by atoms with Gasteiger partial charge in [-0.05, 0) is 42.5 Å². The third-order valence-corrected chi connectivity index (χ3v) is 7.55. The Morgan fingerprint density at radius 3 is 2.32 bits per heavy atom. The van der Waals surface area contributed by atoms with Crippen LogP contribution in [0.2, 0.25) is 0 Å². The normalized spacial score (nSPS) is 14.3. The predicted molar refractivity (Wildman–Crippen MR) is 167 cm³/mol. The lowest BCUT2D eigenvalue weighted by Crippen LogP contribution is -2.56. The van der Waals surface area contributed by atoms with Crippen molar-refractivity contribution in [2.45, 2.75) is 51.0 Å². The van der Waals surface area contributed by atoms with Gasteiger partial charge in [-0.15, -0.1) is 0 Å². The summed E-state index contributed by atoms with van der Waals surface area (Å²) in [5, 5.41) is 5.47. The van der Waals surface area contributed by atoms with E-state index in [0.29, 0.717) is 13.1 Å². The third kappa shape index (κ3) is 7.58. The standard InChI is InChI=1S/C34H38N6O4/c1-34(2,35)33(43)37-28(22-44-21-24-11-5-3-6-12-24)31(41)38-29-20-40(23-36-29)30(26-14-7-4-8-15-26)32(42)39-18-17-25-13-9-10-16-27(25)19-39/h3-16,20,23,28,30H,17-19,21-22,35H2,1-2H3,(H,37,43)(H,38,41)/t28-,30?/m1/s1. The fraction of sp³-hybridized carbons (Fsp3) is 0.294. The van der Waals surface area contributed by atoms with Crippen LogP contribution in [0.4, 0.5) is 5.82 Å². The number of rotatable bonds is 11. The van der Waals surface area contributed by atoms with E-state index >= 15 is 0 Å². The molecule has 2 atom stereocenters. The largest absolute Gasteiger partial charge is 0.374 e. The van der Waals surface area contributed by atoms with Gasteiger partial charge in [-0.2, -0.15) is 0 Å². The van der Waals surface area contributed by atoms with Gasteiger partial charge < -0.3 is 30.6 Å². The number of carbonyl (C=O) groups is 3. The molecule has 5 rings (SSSR count). The molecule has 228 valence electrons. The number of hydrogen-bond acceptors (Lipinski definition) is 6. The van der Waals surface area contributed by atoms with Gasteiger partial charge in [-0.3, -0.25) is 14.4 Å². The van der Waals surface area contributed by atoms with Crippen molar-refractivity contribution in [3.63, 3.8) is 0 Å². The number of nitrogens with two attached hydrogens (primary N) is 1. The van der Waals surface area contributed by atoms with E-state index < -0.39 is 29.4 Å². The average molecular weight is 595 g/mol. The highest BCUT2D eigenvalue weighted by Crippen LogP contribution is 2.26. The molecule has 1 aliphatic rings. The second-order valence-corrected chi connectivity index (χ2v) is 11.5. The minimum Gasteiger partial charge on any atom is -0.374 e. The smallest absolute Gasteiger partial charge is 0.250 e. The second-order valence-electron chi connectivity index (χ2n) is 11.5. The summed E-state index contributed by atoms with van der Waals surface area (Å²) in [5.74, 6) is -0.840. The van der Waals surface area contributed by atoms with Crippen LogP contribution in [0, 0.1) is 0 Å². The molecule has 3 amide bonds. The lowest BCUT2D eigenvalue weighted by Gasteiger charge is -2.32. The minimum atomic E-state index is -1.20. The van der Waals surface area contributed by atoms with Gasteiger partial charge in [0, 0.05) is 19.3 Å². The van der Waals surface area contributed by atoms with Gasteiger partial charge in [0.15, 0.2) is 5.82 Å². The van der Waals surface area contributed by atoms with E-state index in [2.05, 4.69) is 27.8 Å². The number of fused-ring (bicyclic) bond motifs is 1.